The molecule has 0 bridgehead atoms. The maximum absolute atomic E-state index is 13.3. The minimum Gasteiger partial charge on any atom is -0.478 e. The van der Waals surface area contributed by atoms with Gasteiger partial charge >= 0.3 is 12.1 Å². The molecule has 3 aromatic rings. The number of ether oxygens (including phenoxy) is 1. The smallest absolute Gasteiger partial charge is 0.421 e. The number of aromatic carboxylic acids is 1. The molecule has 3 rings (SSSR count). The number of aromatic nitrogens is 1. The van der Waals surface area contributed by atoms with E-state index in [1.54, 1.807) is 32.9 Å². The first-order valence-corrected chi connectivity index (χ1v) is 10.4. The van der Waals surface area contributed by atoms with Gasteiger partial charge in [-0.1, -0.05) is 11.6 Å². The summed E-state index contributed by atoms with van der Waals surface area (Å²) < 4.78 is 45.0. The first-order chi connectivity index (χ1) is 15.9. The first-order valence-electron chi connectivity index (χ1n) is 10.1. The monoisotopic (exact) mass is 492 g/mol. The van der Waals surface area contributed by atoms with E-state index in [2.05, 4.69) is 4.98 Å². The maximum Gasteiger partial charge on any atom is 0.421 e. The third-order valence-electron chi connectivity index (χ3n) is 4.89. The first kappa shape index (κ1) is 25.0. The Morgan fingerprint density at radius 1 is 1.12 bits per heavy atom. The lowest BCUT2D eigenvalue weighted by Gasteiger charge is -2.28. The van der Waals surface area contributed by atoms with Gasteiger partial charge in [0, 0.05) is 22.8 Å². The molecule has 34 heavy (non-hydrogen) atoms. The largest absolute Gasteiger partial charge is 0.478 e. The minimum absolute atomic E-state index is 0.0597. The van der Waals surface area contributed by atoms with E-state index in [9.17, 15) is 27.9 Å². The summed E-state index contributed by atoms with van der Waals surface area (Å²) in [5.41, 5.74) is -0.392. The number of anilines is 1. The lowest BCUT2D eigenvalue weighted by Crippen LogP contribution is -2.38. The van der Waals surface area contributed by atoms with E-state index in [1.807, 2.05) is 0 Å². The van der Waals surface area contributed by atoms with E-state index in [1.165, 1.54) is 23.1 Å². The van der Waals surface area contributed by atoms with Crippen LogP contribution in [-0.4, -0.2) is 28.0 Å². The molecule has 0 saturated heterocycles. The Morgan fingerprint density at radius 2 is 1.82 bits per heavy atom. The molecular formula is C24H20ClF3N2O4. The number of hydrogen-bond donors (Lipinski definition) is 1. The van der Waals surface area contributed by atoms with Gasteiger partial charge in [-0.05, 0) is 74.9 Å². The number of pyridine rings is 1. The molecule has 1 amide bonds. The Morgan fingerprint density at radius 3 is 2.41 bits per heavy atom. The van der Waals surface area contributed by atoms with Crippen molar-refractivity contribution in [3.05, 3.63) is 82.0 Å². The summed E-state index contributed by atoms with van der Waals surface area (Å²) >= 11 is 6.04. The fourth-order valence-electron chi connectivity index (χ4n) is 3.30. The highest BCUT2D eigenvalue weighted by Crippen LogP contribution is 2.37. The number of carbonyl (C=O) groups excluding carboxylic acids is 1. The Labute approximate surface area is 198 Å². The summed E-state index contributed by atoms with van der Waals surface area (Å²) in [6.45, 7) is 5.15. The van der Waals surface area contributed by atoms with Crippen molar-refractivity contribution < 1.29 is 32.6 Å². The highest BCUT2D eigenvalue weighted by molar-refractivity contribution is 6.31. The van der Waals surface area contributed by atoms with E-state index < -0.39 is 35.5 Å². The molecule has 10 heteroatoms. The van der Waals surface area contributed by atoms with Crippen LogP contribution in [0, 0.1) is 6.92 Å². The van der Waals surface area contributed by atoms with Crippen molar-refractivity contribution in [1.82, 2.24) is 4.98 Å². The molecular weight excluding hydrogens is 473 g/mol. The van der Waals surface area contributed by atoms with Crippen molar-refractivity contribution in [1.29, 1.82) is 0 Å². The maximum atomic E-state index is 13.3. The lowest BCUT2D eigenvalue weighted by atomic mass is 10.1. The molecule has 1 heterocycles. The number of benzene rings is 2. The van der Waals surface area contributed by atoms with Crippen molar-refractivity contribution >= 4 is 29.2 Å². The van der Waals surface area contributed by atoms with Crippen LogP contribution in [-0.2, 0) is 6.18 Å². The molecule has 0 aliphatic heterocycles. The van der Waals surface area contributed by atoms with Crippen molar-refractivity contribution in [2.24, 2.45) is 0 Å². The molecule has 0 spiro atoms. The Balaban J connectivity index is 2.04. The number of carboxylic acid groups (broad SMARTS) is 1. The summed E-state index contributed by atoms with van der Waals surface area (Å²) in [4.78, 5) is 30.2. The zero-order chi connectivity index (χ0) is 25.2. The number of aryl methyl sites for hydroxylation is 1. The number of alkyl halides is 3. The number of carboxylic acids is 1. The second-order valence-corrected chi connectivity index (χ2v) is 8.08. The average Bonchev–Trinajstić information content (AvgIpc) is 2.75. The summed E-state index contributed by atoms with van der Waals surface area (Å²) in [5, 5.41) is 10.3. The standard InChI is InChI=1S/C24H20ClF3N2O4/c1-13(2)30(22(31)15-6-8-19(25)14(3)11-15)20-9-7-16(12-17(20)23(32)33)34-21-18(24(26,27)28)5-4-10-29-21/h4-13H,1-3H3,(H,32,33). The lowest BCUT2D eigenvalue weighted by molar-refractivity contribution is -0.138. The van der Waals surface area contributed by atoms with Gasteiger partial charge in [-0.3, -0.25) is 4.79 Å². The van der Waals surface area contributed by atoms with E-state index in [0.717, 1.165) is 24.4 Å². The molecule has 1 N–H and O–H groups in total. The Bertz CT molecular complexity index is 1250. The fourth-order valence-corrected chi connectivity index (χ4v) is 3.42. The van der Waals surface area contributed by atoms with Gasteiger partial charge in [0.2, 0.25) is 5.88 Å². The second-order valence-electron chi connectivity index (χ2n) is 7.67. The van der Waals surface area contributed by atoms with E-state index in [0.29, 0.717) is 16.1 Å². The van der Waals surface area contributed by atoms with Crippen LogP contribution < -0.4 is 9.64 Å². The van der Waals surface area contributed by atoms with Crippen molar-refractivity contribution in [2.75, 3.05) is 4.90 Å². The quantitative estimate of drug-likeness (QED) is 0.419. The molecule has 1 aromatic heterocycles. The van der Waals surface area contributed by atoms with Crippen LogP contribution in [0.3, 0.4) is 0 Å². The Kier molecular flexibility index (Phi) is 7.16. The van der Waals surface area contributed by atoms with Gasteiger partial charge in [0.25, 0.3) is 5.91 Å². The normalized spacial score (nSPS) is 11.4. The van der Waals surface area contributed by atoms with Gasteiger partial charge in [0.1, 0.15) is 11.3 Å². The number of amides is 1. The predicted octanol–water partition coefficient (Wildman–Crippen LogP) is 6.61. The van der Waals surface area contributed by atoms with Gasteiger partial charge < -0.3 is 14.7 Å². The third kappa shape index (κ3) is 5.31. The van der Waals surface area contributed by atoms with Crippen LogP contribution in [0.25, 0.3) is 0 Å². The molecule has 178 valence electrons. The molecule has 0 radical (unpaired) electrons. The van der Waals surface area contributed by atoms with Gasteiger partial charge in [-0.25, -0.2) is 9.78 Å². The third-order valence-corrected chi connectivity index (χ3v) is 5.31. The van der Waals surface area contributed by atoms with Crippen LogP contribution >= 0.6 is 11.6 Å². The molecule has 0 fully saturated rings. The number of halogens is 4. The van der Waals surface area contributed by atoms with Gasteiger partial charge in [0.15, 0.2) is 0 Å². The number of carbonyl (C=O) groups is 2. The number of rotatable bonds is 6. The molecule has 0 atom stereocenters. The zero-order valence-electron chi connectivity index (χ0n) is 18.4. The second kappa shape index (κ2) is 9.72. The van der Waals surface area contributed by atoms with E-state index in [4.69, 9.17) is 16.3 Å². The predicted molar refractivity (Wildman–Crippen MR) is 121 cm³/mol. The van der Waals surface area contributed by atoms with Crippen LogP contribution in [0.1, 0.15) is 45.7 Å². The topological polar surface area (TPSA) is 79.7 Å². The van der Waals surface area contributed by atoms with E-state index >= 15 is 0 Å². The van der Waals surface area contributed by atoms with Crippen molar-refractivity contribution in [3.8, 4) is 11.6 Å². The molecule has 0 aliphatic carbocycles. The summed E-state index contributed by atoms with van der Waals surface area (Å²) in [5.74, 6) is -2.74. The van der Waals surface area contributed by atoms with Crippen LogP contribution in [0.5, 0.6) is 11.6 Å². The van der Waals surface area contributed by atoms with Gasteiger partial charge in [0.05, 0.1) is 11.3 Å². The van der Waals surface area contributed by atoms with E-state index in [-0.39, 0.29) is 17.0 Å². The molecule has 0 unspecified atom stereocenters. The molecule has 0 aliphatic rings. The Hall–Kier alpha value is -3.59. The minimum atomic E-state index is -4.71. The highest BCUT2D eigenvalue weighted by Gasteiger charge is 2.35. The van der Waals surface area contributed by atoms with Gasteiger partial charge in [-0.2, -0.15) is 13.2 Å². The molecule has 2 aromatic carbocycles. The summed E-state index contributed by atoms with van der Waals surface area (Å²) in [6.07, 6.45) is -3.58. The average molecular weight is 493 g/mol. The fraction of sp³-hybridized carbons (Fsp3) is 0.208. The SMILES string of the molecule is Cc1cc(C(=O)N(c2ccc(Oc3ncccc3C(F)(F)F)cc2C(=O)O)C(C)C)ccc1Cl. The van der Waals surface area contributed by atoms with Crippen LogP contribution in [0.2, 0.25) is 5.02 Å². The molecule has 6 nitrogen and oxygen atoms in total. The van der Waals surface area contributed by atoms with Crippen LogP contribution in [0.15, 0.2) is 54.7 Å². The summed E-state index contributed by atoms with van der Waals surface area (Å²) in [7, 11) is 0. The van der Waals surface area contributed by atoms with Crippen molar-refractivity contribution in [3.63, 3.8) is 0 Å². The molecule has 0 saturated carbocycles. The highest BCUT2D eigenvalue weighted by atomic mass is 35.5. The van der Waals surface area contributed by atoms with Crippen LogP contribution in [0.4, 0.5) is 18.9 Å². The number of hydrogen-bond acceptors (Lipinski definition) is 4. The number of nitrogens with zero attached hydrogens (tertiary/aromatic N) is 2. The van der Waals surface area contributed by atoms with Gasteiger partial charge in [-0.15, -0.1) is 0 Å². The zero-order valence-corrected chi connectivity index (χ0v) is 19.1. The summed E-state index contributed by atoms with van der Waals surface area (Å²) in [6, 6.07) is 9.84. The van der Waals surface area contributed by atoms with Crippen molar-refractivity contribution in [2.45, 2.75) is 33.0 Å².